The fourth-order valence-corrected chi connectivity index (χ4v) is 9.16. The molecule has 6 nitrogen and oxygen atoms in total. The minimum absolute atomic E-state index is 0.105. The summed E-state index contributed by atoms with van der Waals surface area (Å²) in [6.07, 6.45) is 93.7. The number of hydrogen-bond acceptors (Lipinski definition) is 6. The third-order valence-electron chi connectivity index (χ3n) is 14.2. The van der Waals surface area contributed by atoms with E-state index in [1.807, 2.05) is 0 Å². The van der Waals surface area contributed by atoms with Gasteiger partial charge in [0.05, 0.1) is 0 Å². The van der Waals surface area contributed by atoms with Gasteiger partial charge in [-0.25, -0.2) is 0 Å². The molecule has 1 atom stereocenters. The van der Waals surface area contributed by atoms with Crippen molar-refractivity contribution in [3.63, 3.8) is 0 Å². The lowest BCUT2D eigenvalue weighted by atomic mass is 10.0. The van der Waals surface area contributed by atoms with Crippen LogP contribution >= 0.6 is 0 Å². The van der Waals surface area contributed by atoms with Crippen LogP contribution in [0.3, 0.4) is 0 Å². The third kappa shape index (κ3) is 64.6. The minimum Gasteiger partial charge on any atom is -0.462 e. The van der Waals surface area contributed by atoms with Crippen LogP contribution in [-0.2, 0) is 28.6 Å². The van der Waals surface area contributed by atoms with Crippen molar-refractivity contribution in [1.29, 1.82) is 0 Å². The van der Waals surface area contributed by atoms with E-state index in [0.29, 0.717) is 19.3 Å². The summed E-state index contributed by atoms with van der Waals surface area (Å²) in [7, 11) is 0. The molecule has 0 spiro atoms. The van der Waals surface area contributed by atoms with Crippen LogP contribution in [0.5, 0.6) is 0 Å². The van der Waals surface area contributed by atoms with Crippen LogP contribution in [-0.4, -0.2) is 37.2 Å². The van der Waals surface area contributed by atoms with Crippen molar-refractivity contribution < 1.29 is 28.6 Å². The molecule has 456 valence electrons. The molecular weight excluding hydrogens is 985 g/mol. The number of carbonyl (C=O) groups is 3. The predicted molar refractivity (Wildman–Crippen MR) is 348 cm³/mol. The Morgan fingerprint density at radius 2 is 0.500 bits per heavy atom. The van der Waals surface area contributed by atoms with Crippen LogP contribution in [0, 0.1) is 0 Å². The summed E-state index contributed by atoms with van der Waals surface area (Å²) in [5, 5.41) is 0. The molecule has 0 aromatic heterocycles. The number of ether oxygens (including phenoxy) is 3. The number of unbranched alkanes of at least 4 members (excludes halogenated alkanes) is 29. The zero-order valence-electron chi connectivity index (χ0n) is 52.3. The smallest absolute Gasteiger partial charge is 0.306 e. The fourth-order valence-electron chi connectivity index (χ4n) is 9.16. The highest BCUT2D eigenvalue weighted by Gasteiger charge is 2.19. The average molecular weight is 1110 g/mol. The van der Waals surface area contributed by atoms with Crippen molar-refractivity contribution in [2.45, 2.75) is 316 Å². The van der Waals surface area contributed by atoms with E-state index in [1.54, 1.807) is 0 Å². The van der Waals surface area contributed by atoms with Crippen LogP contribution in [0.15, 0.2) is 122 Å². The Balaban J connectivity index is 4.36. The number of esters is 3. The van der Waals surface area contributed by atoms with Gasteiger partial charge >= 0.3 is 17.9 Å². The number of hydrogen-bond donors (Lipinski definition) is 0. The van der Waals surface area contributed by atoms with Gasteiger partial charge in [-0.2, -0.15) is 0 Å². The molecule has 80 heavy (non-hydrogen) atoms. The topological polar surface area (TPSA) is 78.9 Å². The van der Waals surface area contributed by atoms with Crippen LogP contribution in [0.2, 0.25) is 0 Å². The van der Waals surface area contributed by atoms with Crippen molar-refractivity contribution in [3.05, 3.63) is 122 Å². The van der Waals surface area contributed by atoms with Crippen LogP contribution < -0.4 is 0 Å². The molecule has 0 saturated heterocycles. The first-order chi connectivity index (χ1) is 39.5. The number of rotatable bonds is 60. The summed E-state index contributed by atoms with van der Waals surface area (Å²) in [6.45, 7) is 6.46. The first-order valence-corrected chi connectivity index (χ1v) is 33.5. The SMILES string of the molecule is CC/C=C\C/C=C\C/C=C\C/C=C\C/C=C\C/C=C\C/C=C\CCCC(=O)OC(COC(=O)CCCCCCC/C=C\CCCCC)COC(=O)CCCCCCCCCCCCCCCCC/C=C\C/C=C\CCCCCCC. The molecule has 6 heteroatoms. The van der Waals surface area contributed by atoms with E-state index in [0.717, 1.165) is 109 Å². The van der Waals surface area contributed by atoms with E-state index in [2.05, 4.69) is 142 Å². The lowest BCUT2D eigenvalue weighted by molar-refractivity contribution is -0.167. The third-order valence-corrected chi connectivity index (χ3v) is 14.2. The summed E-state index contributed by atoms with van der Waals surface area (Å²) in [5.74, 6) is -0.969. The highest BCUT2D eigenvalue weighted by Crippen LogP contribution is 2.16. The molecule has 0 aliphatic rings. The monoisotopic (exact) mass is 1110 g/mol. The maximum absolute atomic E-state index is 12.9. The molecule has 0 saturated carbocycles. The van der Waals surface area contributed by atoms with Gasteiger partial charge in [0.2, 0.25) is 0 Å². The molecule has 0 N–H and O–H groups in total. The molecular formula is C74H124O6. The Labute approximate surface area is 494 Å². The Morgan fingerprint density at radius 1 is 0.263 bits per heavy atom. The van der Waals surface area contributed by atoms with Crippen molar-refractivity contribution in [2.75, 3.05) is 13.2 Å². The second-order valence-corrected chi connectivity index (χ2v) is 22.0. The number of carbonyl (C=O) groups excluding carboxylic acids is 3. The lowest BCUT2D eigenvalue weighted by Gasteiger charge is -2.18. The highest BCUT2D eigenvalue weighted by molar-refractivity contribution is 5.71. The molecule has 0 radical (unpaired) electrons. The second-order valence-electron chi connectivity index (χ2n) is 22.0. The summed E-state index contributed by atoms with van der Waals surface area (Å²) in [5.41, 5.74) is 0. The van der Waals surface area contributed by atoms with Crippen molar-refractivity contribution >= 4 is 17.9 Å². The zero-order chi connectivity index (χ0) is 57.8. The van der Waals surface area contributed by atoms with E-state index in [4.69, 9.17) is 14.2 Å². The van der Waals surface area contributed by atoms with Gasteiger partial charge in [-0.1, -0.05) is 284 Å². The van der Waals surface area contributed by atoms with E-state index in [-0.39, 0.29) is 37.5 Å². The normalized spacial score (nSPS) is 12.9. The highest BCUT2D eigenvalue weighted by atomic mass is 16.6. The molecule has 0 fully saturated rings. The summed E-state index contributed by atoms with van der Waals surface area (Å²) in [6, 6.07) is 0. The van der Waals surface area contributed by atoms with Gasteiger partial charge in [0.25, 0.3) is 0 Å². The van der Waals surface area contributed by atoms with E-state index < -0.39 is 6.10 Å². The molecule has 1 unspecified atom stereocenters. The van der Waals surface area contributed by atoms with Crippen LogP contribution in [0.4, 0.5) is 0 Å². The first kappa shape index (κ1) is 75.8. The van der Waals surface area contributed by atoms with Gasteiger partial charge in [0.15, 0.2) is 6.10 Å². The molecule has 0 rings (SSSR count). The zero-order valence-corrected chi connectivity index (χ0v) is 52.3. The molecule has 0 aromatic rings. The number of allylic oxidation sites excluding steroid dienone is 20. The van der Waals surface area contributed by atoms with Gasteiger partial charge in [-0.3, -0.25) is 14.4 Å². The second kappa shape index (κ2) is 67.3. The van der Waals surface area contributed by atoms with E-state index in [1.165, 1.54) is 154 Å². The van der Waals surface area contributed by atoms with Crippen molar-refractivity contribution in [1.82, 2.24) is 0 Å². The largest absolute Gasteiger partial charge is 0.462 e. The average Bonchev–Trinajstić information content (AvgIpc) is 3.46. The van der Waals surface area contributed by atoms with Gasteiger partial charge in [-0.15, -0.1) is 0 Å². The first-order valence-electron chi connectivity index (χ1n) is 33.5. The summed E-state index contributed by atoms with van der Waals surface area (Å²) in [4.78, 5) is 38.3. The molecule has 0 aromatic carbocycles. The van der Waals surface area contributed by atoms with E-state index in [9.17, 15) is 14.4 Å². The Hall–Kier alpha value is -4.19. The molecule has 0 amide bonds. The standard InChI is InChI=1S/C74H124O6/c1-4-7-10-13-16-19-22-25-27-29-31-33-35-36-37-38-40-41-43-45-47-49-52-55-58-61-64-67-73(76)79-70-71(69-78-72(75)66-63-60-57-54-51-24-21-18-15-12-9-6-3)80-74(77)68-65-62-59-56-53-50-48-46-44-42-39-34-32-30-28-26-23-20-17-14-11-8-5-2/h8,11,17-18,20-22,25-26,28-29,31-32,34,42,44,48,50,56,59,71H,4-7,9-10,12-16,19,23-24,27,30,33,35-41,43,45-47,49,51-55,57-58,60-70H2,1-3H3/b11-8-,20-17-,21-18-,25-22-,28-26-,31-29-,34-32-,44-42-,50-48-,59-56-. The molecule has 0 bridgehead atoms. The van der Waals surface area contributed by atoms with E-state index >= 15 is 0 Å². The van der Waals surface area contributed by atoms with Gasteiger partial charge < -0.3 is 14.2 Å². The quantitative estimate of drug-likeness (QED) is 0.0261. The minimum atomic E-state index is -0.816. The van der Waals surface area contributed by atoms with Gasteiger partial charge in [0, 0.05) is 19.3 Å². The summed E-state index contributed by atoms with van der Waals surface area (Å²) >= 11 is 0. The van der Waals surface area contributed by atoms with Gasteiger partial charge in [-0.05, 0) is 128 Å². The molecule has 0 heterocycles. The Kier molecular flexibility index (Phi) is 63.8. The van der Waals surface area contributed by atoms with Crippen molar-refractivity contribution in [3.8, 4) is 0 Å². The lowest BCUT2D eigenvalue weighted by Crippen LogP contribution is -2.30. The van der Waals surface area contributed by atoms with Crippen molar-refractivity contribution in [2.24, 2.45) is 0 Å². The summed E-state index contributed by atoms with van der Waals surface area (Å²) < 4.78 is 16.9. The maximum Gasteiger partial charge on any atom is 0.306 e. The van der Waals surface area contributed by atoms with Crippen LogP contribution in [0.1, 0.15) is 310 Å². The Morgan fingerprint density at radius 3 is 0.838 bits per heavy atom. The molecule has 0 aliphatic heterocycles. The Bertz CT molecular complexity index is 1650. The van der Waals surface area contributed by atoms with Crippen LogP contribution in [0.25, 0.3) is 0 Å². The fraction of sp³-hybridized carbons (Fsp3) is 0.689. The van der Waals surface area contributed by atoms with Gasteiger partial charge in [0.1, 0.15) is 13.2 Å². The molecule has 0 aliphatic carbocycles. The predicted octanol–water partition coefficient (Wildman–Crippen LogP) is 23.2. The maximum atomic E-state index is 12.9.